The van der Waals surface area contributed by atoms with Gasteiger partial charge < -0.3 is 3.07 Å². The lowest BCUT2D eigenvalue weighted by molar-refractivity contribution is -0.132. The van der Waals surface area contributed by atoms with E-state index in [2.05, 4.69) is 3.07 Å². The van der Waals surface area contributed by atoms with Gasteiger partial charge in [-0.25, -0.2) is 4.79 Å². The van der Waals surface area contributed by atoms with Crippen LogP contribution in [-0.4, -0.2) is 30.5 Å². The molecule has 0 fully saturated rings. The maximum Gasteiger partial charge on any atom is 0.329 e. The third-order valence-corrected chi connectivity index (χ3v) is 1.84. The minimum atomic E-state index is -0.197. The van der Waals surface area contributed by atoms with Gasteiger partial charge in [0.15, 0.2) is 23.0 Å². The number of rotatable bonds is 3. The van der Waals surface area contributed by atoms with Crippen molar-refractivity contribution in [3.8, 4) is 0 Å². The molecule has 60 valence electrons. The molecule has 3 nitrogen and oxygen atoms in total. The van der Waals surface area contributed by atoms with Gasteiger partial charge in [0.2, 0.25) is 0 Å². The van der Waals surface area contributed by atoms with Crippen LogP contribution in [0.5, 0.6) is 0 Å². The van der Waals surface area contributed by atoms with Crippen LogP contribution in [0.25, 0.3) is 0 Å². The Morgan fingerprint density at radius 2 is 2.20 bits per heavy atom. The Hall–Kier alpha value is 0.160. The Morgan fingerprint density at radius 1 is 1.70 bits per heavy atom. The zero-order valence-electron chi connectivity index (χ0n) is 6.43. The maximum atomic E-state index is 10.7. The van der Waals surface area contributed by atoms with Crippen molar-refractivity contribution in [2.45, 2.75) is 19.9 Å². The molecule has 4 heteroatoms. The van der Waals surface area contributed by atoms with E-state index in [1.54, 1.807) is 23.0 Å². The van der Waals surface area contributed by atoms with Crippen molar-refractivity contribution in [3.05, 3.63) is 0 Å². The van der Waals surface area contributed by atoms with Gasteiger partial charge in [-0.3, -0.25) is 4.90 Å². The largest absolute Gasteiger partial charge is 0.394 e. The predicted molar refractivity (Wildman–Crippen MR) is 47.9 cm³/mol. The standard InChI is InChI=1S/C6H12INO2/c1-5(2)8(3)4-6(9)10-7/h5H,4H2,1-3H3. The lowest BCUT2D eigenvalue weighted by Gasteiger charge is -2.18. The van der Waals surface area contributed by atoms with E-state index in [9.17, 15) is 4.79 Å². The van der Waals surface area contributed by atoms with Gasteiger partial charge in [-0.2, -0.15) is 0 Å². The first-order chi connectivity index (χ1) is 4.57. The fourth-order valence-corrected chi connectivity index (χ4v) is 0.550. The summed E-state index contributed by atoms with van der Waals surface area (Å²) in [5.41, 5.74) is 0. The van der Waals surface area contributed by atoms with Gasteiger partial charge in [-0.1, -0.05) is 0 Å². The molecule has 0 spiro atoms. The molecule has 0 N–H and O–H groups in total. The lowest BCUT2D eigenvalue weighted by Crippen LogP contribution is -2.31. The number of nitrogens with zero attached hydrogens (tertiary/aromatic N) is 1. The fraction of sp³-hybridized carbons (Fsp3) is 0.833. The Balaban J connectivity index is 3.57. The zero-order valence-corrected chi connectivity index (χ0v) is 8.58. The third kappa shape index (κ3) is 4.05. The highest BCUT2D eigenvalue weighted by molar-refractivity contribution is 14.1. The first kappa shape index (κ1) is 10.2. The average Bonchev–Trinajstić information content (AvgIpc) is 1.87. The molecule has 0 atom stereocenters. The first-order valence-corrected chi connectivity index (χ1v) is 3.97. The molecule has 0 amide bonds. The van der Waals surface area contributed by atoms with Crippen molar-refractivity contribution in [1.29, 1.82) is 0 Å². The van der Waals surface area contributed by atoms with Crippen LogP contribution in [0, 0.1) is 0 Å². The van der Waals surface area contributed by atoms with E-state index >= 15 is 0 Å². The third-order valence-electron chi connectivity index (χ3n) is 1.35. The summed E-state index contributed by atoms with van der Waals surface area (Å²) in [7, 11) is 1.89. The average molecular weight is 257 g/mol. The summed E-state index contributed by atoms with van der Waals surface area (Å²) >= 11 is 1.59. The van der Waals surface area contributed by atoms with Gasteiger partial charge in [0.1, 0.15) is 0 Å². The molecule has 10 heavy (non-hydrogen) atoms. The summed E-state index contributed by atoms with van der Waals surface area (Å²) in [5, 5.41) is 0. The van der Waals surface area contributed by atoms with E-state index in [0.717, 1.165) is 0 Å². The number of hydrogen-bond acceptors (Lipinski definition) is 3. The molecule has 0 unspecified atom stereocenters. The number of hydrogen-bond donors (Lipinski definition) is 0. The summed E-state index contributed by atoms with van der Waals surface area (Å²) in [4.78, 5) is 12.6. The predicted octanol–water partition coefficient (Wildman–Crippen LogP) is 1.22. The Kier molecular flexibility index (Phi) is 4.98. The van der Waals surface area contributed by atoms with Crippen LogP contribution >= 0.6 is 23.0 Å². The Labute approximate surface area is 75.4 Å². The van der Waals surface area contributed by atoms with Crippen LogP contribution in [0.15, 0.2) is 0 Å². The van der Waals surface area contributed by atoms with E-state index in [-0.39, 0.29) is 5.97 Å². The van der Waals surface area contributed by atoms with Gasteiger partial charge in [-0.05, 0) is 20.9 Å². The Bertz CT molecular complexity index is 116. The molecular formula is C6H12INO2. The normalized spacial score (nSPS) is 10.6. The Morgan fingerprint density at radius 3 is 2.50 bits per heavy atom. The highest BCUT2D eigenvalue weighted by atomic mass is 127. The second kappa shape index (κ2) is 4.90. The van der Waals surface area contributed by atoms with Crippen LogP contribution in [0.3, 0.4) is 0 Å². The second-order valence-electron chi connectivity index (χ2n) is 2.46. The summed E-state index contributed by atoms with van der Waals surface area (Å²) in [6.07, 6.45) is 0. The van der Waals surface area contributed by atoms with Crippen LogP contribution in [0.2, 0.25) is 0 Å². The summed E-state index contributed by atoms with van der Waals surface area (Å²) in [6, 6.07) is 0.385. The molecule has 0 aromatic heterocycles. The number of halogens is 1. The van der Waals surface area contributed by atoms with Crippen molar-refractivity contribution in [2.24, 2.45) is 0 Å². The number of likely N-dealkylation sites (N-methyl/N-ethyl adjacent to an activating group) is 1. The van der Waals surface area contributed by atoms with E-state index in [1.807, 2.05) is 25.8 Å². The van der Waals surface area contributed by atoms with E-state index < -0.39 is 0 Å². The summed E-state index contributed by atoms with van der Waals surface area (Å²) in [6.45, 7) is 4.42. The molecule has 0 radical (unpaired) electrons. The molecule has 0 aliphatic rings. The van der Waals surface area contributed by atoms with Crippen molar-refractivity contribution < 1.29 is 7.86 Å². The molecule has 0 heterocycles. The van der Waals surface area contributed by atoms with Crippen molar-refractivity contribution in [3.63, 3.8) is 0 Å². The molecule has 0 saturated heterocycles. The van der Waals surface area contributed by atoms with Crippen LogP contribution < -0.4 is 0 Å². The van der Waals surface area contributed by atoms with E-state index in [4.69, 9.17) is 0 Å². The van der Waals surface area contributed by atoms with E-state index in [0.29, 0.717) is 12.6 Å². The molecule has 0 rings (SSSR count). The molecule has 0 aliphatic carbocycles. The maximum absolute atomic E-state index is 10.7. The minimum absolute atomic E-state index is 0.197. The molecule has 0 bridgehead atoms. The molecule has 0 aromatic carbocycles. The SMILES string of the molecule is CC(C)N(C)CC(=O)OI. The topological polar surface area (TPSA) is 29.5 Å². The van der Waals surface area contributed by atoms with Gasteiger partial charge in [0.25, 0.3) is 0 Å². The van der Waals surface area contributed by atoms with Crippen molar-refractivity contribution in [2.75, 3.05) is 13.6 Å². The van der Waals surface area contributed by atoms with Crippen LogP contribution in [0.4, 0.5) is 0 Å². The molecule has 0 aromatic rings. The highest BCUT2D eigenvalue weighted by Gasteiger charge is 2.08. The van der Waals surface area contributed by atoms with Gasteiger partial charge in [0.05, 0.1) is 6.54 Å². The lowest BCUT2D eigenvalue weighted by atomic mass is 10.3. The fourth-order valence-electron chi connectivity index (χ4n) is 0.411. The van der Waals surface area contributed by atoms with Crippen molar-refractivity contribution in [1.82, 2.24) is 4.90 Å². The highest BCUT2D eigenvalue weighted by Crippen LogP contribution is 1.95. The minimum Gasteiger partial charge on any atom is -0.394 e. The van der Waals surface area contributed by atoms with Gasteiger partial charge in [-0.15, -0.1) is 0 Å². The first-order valence-electron chi connectivity index (χ1n) is 3.09. The van der Waals surface area contributed by atoms with Crippen LogP contribution in [0.1, 0.15) is 13.8 Å². The van der Waals surface area contributed by atoms with Gasteiger partial charge in [0, 0.05) is 6.04 Å². The smallest absolute Gasteiger partial charge is 0.329 e. The van der Waals surface area contributed by atoms with Crippen LogP contribution in [-0.2, 0) is 7.86 Å². The number of carbonyl (C=O) groups excluding carboxylic acids is 1. The van der Waals surface area contributed by atoms with Gasteiger partial charge >= 0.3 is 5.97 Å². The monoisotopic (exact) mass is 257 g/mol. The zero-order chi connectivity index (χ0) is 8.15. The molecule has 0 aliphatic heterocycles. The van der Waals surface area contributed by atoms with Crippen molar-refractivity contribution >= 4 is 29.0 Å². The summed E-state index contributed by atoms with van der Waals surface area (Å²) < 4.78 is 4.46. The quantitative estimate of drug-likeness (QED) is 0.712. The second-order valence-corrected chi connectivity index (χ2v) is 2.90. The molecule has 0 saturated carbocycles. The number of carbonyl (C=O) groups is 1. The molecular weight excluding hydrogens is 245 g/mol. The summed E-state index contributed by atoms with van der Waals surface area (Å²) in [5.74, 6) is -0.197. The van der Waals surface area contributed by atoms with E-state index in [1.165, 1.54) is 0 Å².